The molecular weight excluding hydrogens is 190 g/mol. The first-order chi connectivity index (χ1) is 7.36. The highest BCUT2D eigenvalue weighted by atomic mass is 16.1. The van der Waals surface area contributed by atoms with Crippen molar-refractivity contribution in [2.24, 2.45) is 5.92 Å². The minimum absolute atomic E-state index is 0.154. The first-order valence-electron chi connectivity index (χ1n) is 5.27. The van der Waals surface area contributed by atoms with Crippen LogP contribution in [-0.4, -0.2) is 22.4 Å². The van der Waals surface area contributed by atoms with Crippen LogP contribution in [0.4, 0.5) is 0 Å². The highest BCUT2D eigenvalue weighted by Gasteiger charge is 2.18. The third kappa shape index (κ3) is 2.68. The van der Waals surface area contributed by atoms with Crippen LogP contribution in [0, 0.1) is 5.92 Å². The third-order valence-corrected chi connectivity index (χ3v) is 2.59. The lowest BCUT2D eigenvalue weighted by Gasteiger charge is -2.09. The average molecular weight is 205 g/mol. The van der Waals surface area contributed by atoms with Gasteiger partial charge >= 0.3 is 0 Å². The van der Waals surface area contributed by atoms with Gasteiger partial charge in [0.25, 0.3) is 0 Å². The van der Waals surface area contributed by atoms with Gasteiger partial charge in [0.1, 0.15) is 5.82 Å². The zero-order chi connectivity index (χ0) is 10.5. The largest absolute Gasteiger partial charge is 0.355 e. The Morgan fingerprint density at radius 1 is 1.53 bits per heavy atom. The van der Waals surface area contributed by atoms with Crippen LogP contribution in [0.25, 0.3) is 0 Å². The zero-order valence-electron chi connectivity index (χ0n) is 8.57. The Balaban J connectivity index is 1.67. The van der Waals surface area contributed by atoms with Gasteiger partial charge in [-0.1, -0.05) is 12.2 Å². The fraction of sp³-hybridized carbons (Fsp3) is 0.455. The predicted molar refractivity (Wildman–Crippen MR) is 57.2 cm³/mol. The molecule has 1 aliphatic carbocycles. The Hall–Kier alpha value is -1.58. The van der Waals surface area contributed by atoms with Crippen LogP contribution in [0.2, 0.25) is 0 Å². The second-order valence-corrected chi connectivity index (χ2v) is 3.72. The number of amides is 1. The van der Waals surface area contributed by atoms with Crippen molar-refractivity contribution >= 4 is 5.91 Å². The lowest BCUT2D eigenvalue weighted by atomic mass is 10.1. The summed E-state index contributed by atoms with van der Waals surface area (Å²) in [6.07, 6.45) is 10.2. The molecule has 0 fully saturated rings. The summed E-state index contributed by atoms with van der Waals surface area (Å²) >= 11 is 0. The van der Waals surface area contributed by atoms with Crippen molar-refractivity contribution in [2.45, 2.75) is 19.3 Å². The van der Waals surface area contributed by atoms with E-state index in [0.29, 0.717) is 6.54 Å². The summed E-state index contributed by atoms with van der Waals surface area (Å²) in [5.41, 5.74) is 0. The molecule has 1 aromatic heterocycles. The number of carbonyl (C=O) groups is 1. The van der Waals surface area contributed by atoms with Crippen LogP contribution < -0.4 is 5.32 Å². The number of aromatic amines is 1. The molecule has 80 valence electrons. The van der Waals surface area contributed by atoms with Crippen molar-refractivity contribution in [1.29, 1.82) is 0 Å². The molecule has 0 aliphatic heterocycles. The number of aromatic nitrogens is 2. The summed E-state index contributed by atoms with van der Waals surface area (Å²) in [6.45, 7) is 0.656. The normalized spacial score (nSPS) is 15.7. The summed E-state index contributed by atoms with van der Waals surface area (Å²) in [5.74, 6) is 1.23. The van der Waals surface area contributed by atoms with Gasteiger partial charge in [-0.05, 0) is 12.8 Å². The monoisotopic (exact) mass is 205 g/mol. The second-order valence-electron chi connectivity index (χ2n) is 3.72. The van der Waals surface area contributed by atoms with Crippen molar-refractivity contribution in [3.8, 4) is 0 Å². The van der Waals surface area contributed by atoms with E-state index < -0.39 is 0 Å². The van der Waals surface area contributed by atoms with Crippen LogP contribution in [0.3, 0.4) is 0 Å². The molecule has 1 heterocycles. The van der Waals surface area contributed by atoms with Gasteiger partial charge in [-0.2, -0.15) is 0 Å². The molecule has 0 aromatic carbocycles. The minimum atomic E-state index is 0.154. The lowest BCUT2D eigenvalue weighted by Crippen LogP contribution is -2.31. The number of hydrogen-bond acceptors (Lipinski definition) is 2. The Kier molecular flexibility index (Phi) is 3.17. The molecule has 4 nitrogen and oxygen atoms in total. The zero-order valence-corrected chi connectivity index (χ0v) is 8.57. The number of H-pyrrole nitrogens is 1. The van der Waals surface area contributed by atoms with E-state index in [1.165, 1.54) is 0 Å². The van der Waals surface area contributed by atoms with Crippen molar-refractivity contribution < 1.29 is 4.79 Å². The molecule has 0 radical (unpaired) electrons. The highest BCUT2D eigenvalue weighted by Crippen LogP contribution is 2.17. The molecule has 1 amide bonds. The summed E-state index contributed by atoms with van der Waals surface area (Å²) in [4.78, 5) is 18.7. The quantitative estimate of drug-likeness (QED) is 0.721. The van der Waals surface area contributed by atoms with Gasteiger partial charge in [0.2, 0.25) is 5.91 Å². The van der Waals surface area contributed by atoms with Crippen LogP contribution in [0.15, 0.2) is 24.5 Å². The molecule has 0 bridgehead atoms. The fourth-order valence-electron chi connectivity index (χ4n) is 1.71. The molecular formula is C11H15N3O. The fourth-order valence-corrected chi connectivity index (χ4v) is 1.71. The first kappa shape index (κ1) is 9.96. The molecule has 4 heteroatoms. The Morgan fingerprint density at radius 3 is 3.00 bits per heavy atom. The standard InChI is InChI=1S/C11H15N3O/c15-11(9-3-1-2-4-9)14-6-5-10-12-7-8-13-10/h1-2,7-9H,3-6H2,(H,12,13)(H,14,15). The smallest absolute Gasteiger partial charge is 0.223 e. The number of rotatable bonds is 4. The maximum atomic E-state index is 11.6. The van der Waals surface area contributed by atoms with Gasteiger partial charge in [0, 0.05) is 31.3 Å². The van der Waals surface area contributed by atoms with Crippen LogP contribution in [0.1, 0.15) is 18.7 Å². The van der Waals surface area contributed by atoms with Gasteiger partial charge in [0.15, 0.2) is 0 Å². The van der Waals surface area contributed by atoms with Crippen molar-refractivity contribution in [3.63, 3.8) is 0 Å². The van der Waals surface area contributed by atoms with Gasteiger partial charge in [-0.15, -0.1) is 0 Å². The third-order valence-electron chi connectivity index (χ3n) is 2.59. The SMILES string of the molecule is O=C(NCCc1ncc[nH]1)C1CC=CC1. The molecule has 0 atom stereocenters. The minimum Gasteiger partial charge on any atom is -0.355 e. The van der Waals surface area contributed by atoms with Crippen LogP contribution >= 0.6 is 0 Å². The van der Waals surface area contributed by atoms with Crippen molar-refractivity contribution in [1.82, 2.24) is 15.3 Å². The van der Waals surface area contributed by atoms with E-state index in [2.05, 4.69) is 27.4 Å². The molecule has 1 aliphatic rings. The van der Waals surface area contributed by atoms with Crippen LogP contribution in [-0.2, 0) is 11.2 Å². The molecule has 2 rings (SSSR count). The Bertz CT molecular complexity index is 335. The van der Waals surface area contributed by atoms with E-state index in [1.54, 1.807) is 12.4 Å². The maximum Gasteiger partial charge on any atom is 0.223 e. The summed E-state index contributed by atoms with van der Waals surface area (Å²) in [5, 5.41) is 2.92. The van der Waals surface area contributed by atoms with E-state index in [4.69, 9.17) is 0 Å². The average Bonchev–Trinajstić information content (AvgIpc) is 2.90. The second kappa shape index (κ2) is 4.77. The number of nitrogens with one attached hydrogen (secondary N) is 2. The first-order valence-corrected chi connectivity index (χ1v) is 5.27. The summed E-state index contributed by atoms with van der Waals surface area (Å²) in [6, 6.07) is 0. The summed E-state index contributed by atoms with van der Waals surface area (Å²) < 4.78 is 0. The number of hydrogen-bond donors (Lipinski definition) is 2. The van der Waals surface area contributed by atoms with E-state index in [1.807, 2.05) is 0 Å². The Morgan fingerprint density at radius 2 is 2.33 bits per heavy atom. The lowest BCUT2D eigenvalue weighted by molar-refractivity contribution is -0.124. The molecule has 0 spiro atoms. The van der Waals surface area contributed by atoms with E-state index in [0.717, 1.165) is 25.1 Å². The molecule has 0 unspecified atom stereocenters. The van der Waals surface area contributed by atoms with Gasteiger partial charge in [-0.3, -0.25) is 4.79 Å². The number of nitrogens with zero attached hydrogens (tertiary/aromatic N) is 1. The molecule has 0 saturated heterocycles. The molecule has 0 saturated carbocycles. The molecule has 1 aromatic rings. The van der Waals surface area contributed by atoms with E-state index in [-0.39, 0.29) is 11.8 Å². The summed E-state index contributed by atoms with van der Waals surface area (Å²) in [7, 11) is 0. The van der Waals surface area contributed by atoms with E-state index in [9.17, 15) is 4.79 Å². The van der Waals surface area contributed by atoms with Crippen LogP contribution in [0.5, 0.6) is 0 Å². The number of allylic oxidation sites excluding steroid dienone is 2. The number of carbonyl (C=O) groups excluding carboxylic acids is 1. The molecule has 2 N–H and O–H groups in total. The number of imidazole rings is 1. The Labute approximate surface area is 88.8 Å². The molecule has 15 heavy (non-hydrogen) atoms. The van der Waals surface area contributed by atoms with Crippen molar-refractivity contribution in [3.05, 3.63) is 30.4 Å². The van der Waals surface area contributed by atoms with Crippen molar-refractivity contribution in [2.75, 3.05) is 6.54 Å². The predicted octanol–water partition coefficient (Wildman–Crippen LogP) is 1.03. The van der Waals surface area contributed by atoms with E-state index >= 15 is 0 Å². The highest BCUT2D eigenvalue weighted by molar-refractivity contribution is 5.79. The van der Waals surface area contributed by atoms with Gasteiger partial charge in [0.05, 0.1) is 0 Å². The topological polar surface area (TPSA) is 57.8 Å². The maximum absolute atomic E-state index is 11.6. The van der Waals surface area contributed by atoms with Gasteiger partial charge in [-0.25, -0.2) is 4.98 Å². The van der Waals surface area contributed by atoms with Gasteiger partial charge < -0.3 is 10.3 Å².